The first-order valence-electron chi connectivity index (χ1n) is 8.14. The Bertz CT molecular complexity index is 1030. The number of rotatable bonds is 6. The summed E-state index contributed by atoms with van der Waals surface area (Å²) < 4.78 is 12.6. The minimum Gasteiger partial charge on any atom is -0.457 e. The fourth-order valence-electron chi connectivity index (χ4n) is 2.52. The molecule has 4 rings (SSSR count). The fourth-order valence-corrected chi connectivity index (χ4v) is 3.41. The second kappa shape index (κ2) is 7.37. The van der Waals surface area contributed by atoms with Crippen LogP contribution in [0.5, 0.6) is 22.4 Å². The van der Waals surface area contributed by atoms with Gasteiger partial charge in [0.25, 0.3) is 5.19 Å². The van der Waals surface area contributed by atoms with E-state index in [2.05, 4.69) is 4.98 Å². The molecule has 0 aliphatic heterocycles. The summed E-state index contributed by atoms with van der Waals surface area (Å²) in [4.78, 5) is 15.1. The number of carbonyl (C=O) groups excluding carboxylic acids is 1. The van der Waals surface area contributed by atoms with E-state index in [-0.39, 0.29) is 0 Å². The van der Waals surface area contributed by atoms with Crippen molar-refractivity contribution in [3.63, 3.8) is 0 Å². The Morgan fingerprint density at radius 3 is 2.27 bits per heavy atom. The van der Waals surface area contributed by atoms with E-state index in [4.69, 9.17) is 9.47 Å². The summed E-state index contributed by atoms with van der Waals surface area (Å²) in [6.07, 6.45) is 1.31. The zero-order chi connectivity index (χ0) is 17.8. The molecule has 1 aromatic heterocycles. The van der Waals surface area contributed by atoms with Crippen molar-refractivity contribution < 1.29 is 14.3 Å². The third-order valence-electron chi connectivity index (χ3n) is 3.76. The third-order valence-corrected chi connectivity index (χ3v) is 4.66. The summed E-state index contributed by atoms with van der Waals surface area (Å²) in [7, 11) is 0. The summed E-state index contributed by atoms with van der Waals surface area (Å²) in [5.74, 6) is 2.22. The normalized spacial score (nSPS) is 10.6. The van der Waals surface area contributed by atoms with E-state index in [9.17, 15) is 4.79 Å². The standard InChI is InChI=1S/C21H15NO3S/c23-13-12-15-6-11-19-20(14-15)26-21(22-19)25-18-9-7-17(8-10-18)24-16-4-2-1-3-5-16/h1-11,13-14H,12H2. The number of nitrogens with zero attached hydrogens (tertiary/aromatic N) is 1. The highest BCUT2D eigenvalue weighted by atomic mass is 32.1. The number of thiazole rings is 1. The van der Waals surface area contributed by atoms with Gasteiger partial charge >= 0.3 is 0 Å². The molecule has 4 aromatic rings. The van der Waals surface area contributed by atoms with Crippen LogP contribution in [0.15, 0.2) is 72.8 Å². The van der Waals surface area contributed by atoms with Gasteiger partial charge in [-0.15, -0.1) is 0 Å². The average molecular weight is 361 g/mol. The monoisotopic (exact) mass is 361 g/mol. The number of hydrogen-bond acceptors (Lipinski definition) is 5. The molecule has 0 fully saturated rings. The summed E-state index contributed by atoms with van der Waals surface area (Å²) >= 11 is 1.46. The van der Waals surface area contributed by atoms with Gasteiger partial charge in [-0.1, -0.05) is 35.6 Å². The van der Waals surface area contributed by atoms with Crippen LogP contribution in [-0.4, -0.2) is 11.3 Å². The van der Waals surface area contributed by atoms with Gasteiger partial charge in [-0.25, -0.2) is 4.98 Å². The van der Waals surface area contributed by atoms with Crippen molar-refractivity contribution in [2.75, 3.05) is 0 Å². The number of hydrogen-bond donors (Lipinski definition) is 0. The highest BCUT2D eigenvalue weighted by Gasteiger charge is 2.07. The minimum atomic E-state index is 0.410. The quantitative estimate of drug-likeness (QED) is 0.418. The topological polar surface area (TPSA) is 48.4 Å². The van der Waals surface area contributed by atoms with Crippen LogP contribution in [-0.2, 0) is 11.2 Å². The summed E-state index contributed by atoms with van der Waals surface area (Å²) in [5, 5.41) is 0.569. The lowest BCUT2D eigenvalue weighted by molar-refractivity contribution is -0.107. The predicted molar refractivity (Wildman–Crippen MR) is 102 cm³/mol. The maximum Gasteiger partial charge on any atom is 0.279 e. The van der Waals surface area contributed by atoms with Crippen molar-refractivity contribution in [2.24, 2.45) is 0 Å². The van der Waals surface area contributed by atoms with Gasteiger partial charge in [0.1, 0.15) is 23.5 Å². The Kier molecular flexibility index (Phi) is 4.62. The number of carbonyl (C=O) groups is 1. The molecule has 0 unspecified atom stereocenters. The highest BCUT2D eigenvalue weighted by molar-refractivity contribution is 7.20. The lowest BCUT2D eigenvalue weighted by Crippen LogP contribution is -1.85. The molecule has 0 N–H and O–H groups in total. The van der Waals surface area contributed by atoms with E-state index >= 15 is 0 Å². The molecular weight excluding hydrogens is 346 g/mol. The van der Waals surface area contributed by atoms with Gasteiger partial charge in [-0.05, 0) is 54.1 Å². The van der Waals surface area contributed by atoms with Gasteiger partial charge in [0.15, 0.2) is 0 Å². The smallest absolute Gasteiger partial charge is 0.279 e. The van der Waals surface area contributed by atoms with Gasteiger partial charge in [0, 0.05) is 6.42 Å². The molecule has 3 aromatic carbocycles. The lowest BCUT2D eigenvalue weighted by atomic mass is 10.2. The van der Waals surface area contributed by atoms with E-state index in [0.29, 0.717) is 17.4 Å². The zero-order valence-corrected chi connectivity index (χ0v) is 14.6. The number of aldehydes is 1. The van der Waals surface area contributed by atoms with E-state index in [1.807, 2.05) is 72.8 Å². The van der Waals surface area contributed by atoms with E-state index < -0.39 is 0 Å². The molecule has 0 spiro atoms. The van der Waals surface area contributed by atoms with Crippen LogP contribution in [0.4, 0.5) is 0 Å². The van der Waals surface area contributed by atoms with Crippen molar-refractivity contribution in [1.82, 2.24) is 4.98 Å². The second-order valence-corrected chi connectivity index (χ2v) is 6.63. The van der Waals surface area contributed by atoms with Crippen LogP contribution in [0, 0.1) is 0 Å². The molecule has 0 radical (unpaired) electrons. The molecule has 26 heavy (non-hydrogen) atoms. The summed E-state index contributed by atoms with van der Waals surface area (Å²) in [6, 6.07) is 22.8. The van der Waals surface area contributed by atoms with E-state index in [1.165, 1.54) is 11.3 Å². The van der Waals surface area contributed by atoms with Crippen molar-refractivity contribution in [3.8, 4) is 22.4 Å². The van der Waals surface area contributed by atoms with Gasteiger partial charge in [0.2, 0.25) is 0 Å². The van der Waals surface area contributed by atoms with Crippen molar-refractivity contribution in [3.05, 3.63) is 78.4 Å². The van der Waals surface area contributed by atoms with Crippen molar-refractivity contribution in [2.45, 2.75) is 6.42 Å². The largest absolute Gasteiger partial charge is 0.457 e. The molecular formula is C21H15NO3S. The van der Waals surface area contributed by atoms with Crippen LogP contribution in [0.25, 0.3) is 10.2 Å². The molecule has 0 aliphatic carbocycles. The molecule has 0 aliphatic rings. The molecule has 0 bridgehead atoms. The number of benzene rings is 3. The van der Waals surface area contributed by atoms with E-state index in [0.717, 1.165) is 33.6 Å². The maximum atomic E-state index is 10.7. The second-order valence-electron chi connectivity index (χ2n) is 5.64. The summed E-state index contributed by atoms with van der Waals surface area (Å²) in [5.41, 5.74) is 1.84. The number of aromatic nitrogens is 1. The van der Waals surface area contributed by atoms with Crippen molar-refractivity contribution in [1.29, 1.82) is 0 Å². The van der Waals surface area contributed by atoms with Crippen molar-refractivity contribution >= 4 is 27.8 Å². The molecule has 0 amide bonds. The fraction of sp³-hybridized carbons (Fsp3) is 0.0476. The molecule has 4 nitrogen and oxygen atoms in total. The van der Waals surface area contributed by atoms with Crippen LogP contribution in [0.1, 0.15) is 5.56 Å². The highest BCUT2D eigenvalue weighted by Crippen LogP contribution is 2.33. The van der Waals surface area contributed by atoms with Gasteiger partial charge in [0.05, 0.1) is 10.2 Å². The first-order chi connectivity index (χ1) is 12.8. The van der Waals surface area contributed by atoms with Gasteiger partial charge < -0.3 is 14.3 Å². The average Bonchev–Trinajstić information content (AvgIpc) is 3.06. The SMILES string of the molecule is O=CCc1ccc2nc(Oc3ccc(Oc4ccccc4)cc3)sc2c1. The Morgan fingerprint density at radius 1 is 0.846 bits per heavy atom. The van der Waals surface area contributed by atoms with Crippen LogP contribution in [0.2, 0.25) is 0 Å². The van der Waals surface area contributed by atoms with E-state index in [1.54, 1.807) is 0 Å². The van der Waals surface area contributed by atoms with Crippen LogP contribution >= 0.6 is 11.3 Å². The molecule has 0 saturated heterocycles. The summed E-state index contributed by atoms with van der Waals surface area (Å²) in [6.45, 7) is 0. The zero-order valence-electron chi connectivity index (χ0n) is 13.8. The Hall–Kier alpha value is -3.18. The molecule has 128 valence electrons. The van der Waals surface area contributed by atoms with Crippen LogP contribution in [0.3, 0.4) is 0 Å². The molecule has 5 heteroatoms. The van der Waals surface area contributed by atoms with Crippen LogP contribution < -0.4 is 9.47 Å². The predicted octanol–water partition coefficient (Wildman–Crippen LogP) is 5.62. The Labute approximate surface area is 154 Å². The lowest BCUT2D eigenvalue weighted by Gasteiger charge is -2.06. The minimum absolute atomic E-state index is 0.410. The number of fused-ring (bicyclic) bond motifs is 1. The third kappa shape index (κ3) is 3.73. The molecule has 1 heterocycles. The molecule has 0 saturated carbocycles. The first kappa shape index (κ1) is 16.3. The Balaban J connectivity index is 1.48. The number of para-hydroxylation sites is 1. The maximum absolute atomic E-state index is 10.7. The Morgan fingerprint density at radius 2 is 1.54 bits per heavy atom. The van der Waals surface area contributed by atoms with Gasteiger partial charge in [-0.2, -0.15) is 0 Å². The first-order valence-corrected chi connectivity index (χ1v) is 8.96. The van der Waals surface area contributed by atoms with Gasteiger partial charge in [-0.3, -0.25) is 0 Å². The number of ether oxygens (including phenoxy) is 2. The molecule has 0 atom stereocenters.